The molecular weight excluding hydrogens is 262 g/mol. The number of nitrogens with zero attached hydrogens (tertiary/aromatic N) is 1. The first-order valence-electron chi connectivity index (χ1n) is 6.27. The molecule has 0 bridgehead atoms. The topological polar surface area (TPSA) is 65.1 Å². The summed E-state index contributed by atoms with van der Waals surface area (Å²) in [5.74, 6) is -0.548. The average Bonchev–Trinajstić information content (AvgIpc) is 2.72. The summed E-state index contributed by atoms with van der Waals surface area (Å²) in [5.41, 5.74) is 0.897. The summed E-state index contributed by atoms with van der Waals surface area (Å²) in [6.45, 7) is 0.706. The maximum atomic E-state index is 12.0. The van der Waals surface area contributed by atoms with Crippen molar-refractivity contribution in [2.75, 3.05) is 34.0 Å². The van der Waals surface area contributed by atoms with Crippen LogP contribution in [0.4, 0.5) is 0 Å². The van der Waals surface area contributed by atoms with Gasteiger partial charge in [-0.05, 0) is 12.1 Å². The lowest BCUT2D eigenvalue weighted by atomic mass is 10.1. The van der Waals surface area contributed by atoms with Gasteiger partial charge in [-0.3, -0.25) is 14.5 Å². The van der Waals surface area contributed by atoms with Gasteiger partial charge in [0.2, 0.25) is 0 Å². The van der Waals surface area contributed by atoms with E-state index in [1.807, 2.05) is 0 Å². The summed E-state index contributed by atoms with van der Waals surface area (Å²) >= 11 is 0. The molecule has 0 spiro atoms. The van der Waals surface area contributed by atoms with Crippen LogP contribution < -0.4 is 0 Å². The Morgan fingerprint density at radius 3 is 2.10 bits per heavy atom. The quantitative estimate of drug-likeness (QED) is 0.422. The van der Waals surface area contributed by atoms with Crippen LogP contribution in [0.2, 0.25) is 0 Å². The number of carbonyl (C=O) groups is 2. The first-order chi connectivity index (χ1) is 9.69. The fourth-order valence-electron chi connectivity index (χ4n) is 2.01. The van der Waals surface area contributed by atoms with Crippen LogP contribution in [-0.4, -0.2) is 57.0 Å². The lowest BCUT2D eigenvalue weighted by Gasteiger charge is -2.16. The van der Waals surface area contributed by atoms with Crippen molar-refractivity contribution >= 4 is 11.8 Å². The molecule has 0 N–H and O–H groups in total. The number of hydrogen-bond acceptors (Lipinski definition) is 5. The first kappa shape index (κ1) is 14.6. The highest BCUT2D eigenvalue weighted by molar-refractivity contribution is 6.21. The smallest absolute Gasteiger partial charge is 0.261 e. The average molecular weight is 279 g/mol. The van der Waals surface area contributed by atoms with Crippen LogP contribution in [0.15, 0.2) is 24.3 Å². The van der Waals surface area contributed by atoms with Crippen molar-refractivity contribution in [2.24, 2.45) is 0 Å². The molecule has 0 fully saturated rings. The molecule has 2 amide bonds. The maximum Gasteiger partial charge on any atom is 0.261 e. The molecule has 6 nitrogen and oxygen atoms in total. The van der Waals surface area contributed by atoms with E-state index in [-0.39, 0.29) is 31.6 Å². The van der Waals surface area contributed by atoms with Crippen LogP contribution in [0.25, 0.3) is 0 Å². The number of carbonyl (C=O) groups excluding carboxylic acids is 2. The molecule has 6 heteroatoms. The van der Waals surface area contributed by atoms with Gasteiger partial charge in [0.1, 0.15) is 0 Å². The van der Waals surface area contributed by atoms with Crippen LogP contribution in [-0.2, 0) is 14.2 Å². The third-order valence-electron chi connectivity index (χ3n) is 3.12. The molecule has 1 heterocycles. The zero-order valence-electron chi connectivity index (χ0n) is 11.5. The van der Waals surface area contributed by atoms with E-state index in [2.05, 4.69) is 0 Å². The minimum Gasteiger partial charge on any atom is -0.374 e. The predicted octanol–water partition coefficient (Wildman–Crippen LogP) is 0.918. The zero-order chi connectivity index (χ0) is 14.5. The van der Waals surface area contributed by atoms with Gasteiger partial charge in [0.15, 0.2) is 6.29 Å². The van der Waals surface area contributed by atoms with Crippen molar-refractivity contribution in [1.82, 2.24) is 4.90 Å². The van der Waals surface area contributed by atoms with Gasteiger partial charge in [-0.15, -0.1) is 0 Å². The van der Waals surface area contributed by atoms with E-state index in [4.69, 9.17) is 14.2 Å². The fourth-order valence-corrected chi connectivity index (χ4v) is 2.01. The van der Waals surface area contributed by atoms with E-state index < -0.39 is 6.29 Å². The molecule has 1 aliphatic rings. The number of methoxy groups -OCH3 is 2. The number of amides is 2. The van der Waals surface area contributed by atoms with Crippen LogP contribution in [0, 0.1) is 0 Å². The number of hydrogen-bond donors (Lipinski definition) is 0. The Balaban J connectivity index is 1.87. The van der Waals surface area contributed by atoms with Gasteiger partial charge in [-0.1, -0.05) is 12.1 Å². The number of imide groups is 1. The number of benzene rings is 1. The van der Waals surface area contributed by atoms with Gasteiger partial charge in [0, 0.05) is 14.2 Å². The molecule has 1 aromatic rings. The highest BCUT2D eigenvalue weighted by Gasteiger charge is 2.34. The zero-order valence-corrected chi connectivity index (χ0v) is 11.5. The molecule has 0 unspecified atom stereocenters. The third kappa shape index (κ3) is 2.87. The highest BCUT2D eigenvalue weighted by Crippen LogP contribution is 2.21. The molecule has 1 aromatic carbocycles. The second kappa shape index (κ2) is 6.60. The molecule has 0 aromatic heterocycles. The van der Waals surface area contributed by atoms with Crippen molar-refractivity contribution in [1.29, 1.82) is 0 Å². The van der Waals surface area contributed by atoms with Crippen LogP contribution in [0.1, 0.15) is 20.7 Å². The molecule has 108 valence electrons. The lowest BCUT2D eigenvalue weighted by Crippen LogP contribution is -2.33. The molecule has 0 saturated carbocycles. The van der Waals surface area contributed by atoms with Gasteiger partial charge >= 0.3 is 0 Å². The Bertz CT molecular complexity index is 463. The second-order valence-electron chi connectivity index (χ2n) is 4.28. The molecule has 0 saturated heterocycles. The van der Waals surface area contributed by atoms with E-state index in [0.29, 0.717) is 11.1 Å². The van der Waals surface area contributed by atoms with Crippen molar-refractivity contribution in [3.63, 3.8) is 0 Å². The van der Waals surface area contributed by atoms with E-state index in [1.165, 1.54) is 19.1 Å². The Hall–Kier alpha value is -1.76. The van der Waals surface area contributed by atoms with E-state index >= 15 is 0 Å². The summed E-state index contributed by atoms with van der Waals surface area (Å²) in [6.07, 6.45) is -0.447. The summed E-state index contributed by atoms with van der Waals surface area (Å²) in [5, 5.41) is 0. The standard InChI is InChI=1S/C14H17NO5/c1-18-12(19-2)9-20-8-7-15-13(16)10-5-3-4-6-11(10)14(15)17/h3-6,12H,7-9H2,1-2H3. The summed E-state index contributed by atoms with van der Waals surface area (Å²) < 4.78 is 15.3. The summed E-state index contributed by atoms with van der Waals surface area (Å²) in [4.78, 5) is 25.3. The van der Waals surface area contributed by atoms with Gasteiger partial charge in [-0.25, -0.2) is 0 Å². The summed E-state index contributed by atoms with van der Waals surface area (Å²) in [6, 6.07) is 6.79. The van der Waals surface area contributed by atoms with Crippen molar-refractivity contribution in [3.8, 4) is 0 Å². The molecule has 0 atom stereocenters. The van der Waals surface area contributed by atoms with E-state index in [0.717, 1.165) is 0 Å². The highest BCUT2D eigenvalue weighted by atomic mass is 16.7. The number of rotatable bonds is 7. The maximum absolute atomic E-state index is 12.0. The molecular formula is C14H17NO5. The van der Waals surface area contributed by atoms with Crippen molar-refractivity contribution < 1.29 is 23.8 Å². The van der Waals surface area contributed by atoms with Crippen LogP contribution >= 0.6 is 0 Å². The molecule has 2 rings (SSSR count). The minimum atomic E-state index is -0.447. The number of ether oxygens (including phenoxy) is 3. The monoisotopic (exact) mass is 279 g/mol. The third-order valence-corrected chi connectivity index (χ3v) is 3.12. The van der Waals surface area contributed by atoms with Gasteiger partial charge in [0.25, 0.3) is 11.8 Å². The normalized spacial score (nSPS) is 14.2. The Labute approximate surface area is 117 Å². The Morgan fingerprint density at radius 2 is 1.60 bits per heavy atom. The lowest BCUT2D eigenvalue weighted by molar-refractivity contribution is -0.140. The molecule has 0 radical (unpaired) electrons. The summed E-state index contributed by atoms with van der Waals surface area (Å²) in [7, 11) is 3.03. The minimum absolute atomic E-state index is 0.215. The largest absolute Gasteiger partial charge is 0.374 e. The number of fused-ring (bicyclic) bond motifs is 1. The van der Waals surface area contributed by atoms with Crippen molar-refractivity contribution in [2.45, 2.75) is 6.29 Å². The fraction of sp³-hybridized carbons (Fsp3) is 0.429. The Morgan fingerprint density at radius 1 is 1.05 bits per heavy atom. The van der Waals surface area contributed by atoms with Gasteiger partial charge < -0.3 is 14.2 Å². The van der Waals surface area contributed by atoms with E-state index in [9.17, 15) is 9.59 Å². The SMILES string of the molecule is COC(COCCN1C(=O)c2ccccc2C1=O)OC. The Kier molecular flexibility index (Phi) is 4.84. The second-order valence-corrected chi connectivity index (χ2v) is 4.28. The predicted molar refractivity (Wildman–Crippen MR) is 70.4 cm³/mol. The molecule has 0 aliphatic carbocycles. The first-order valence-corrected chi connectivity index (χ1v) is 6.27. The van der Waals surface area contributed by atoms with Crippen molar-refractivity contribution in [3.05, 3.63) is 35.4 Å². The van der Waals surface area contributed by atoms with Crippen LogP contribution in [0.5, 0.6) is 0 Å². The van der Waals surface area contributed by atoms with Gasteiger partial charge in [0.05, 0.1) is 30.9 Å². The van der Waals surface area contributed by atoms with Gasteiger partial charge in [-0.2, -0.15) is 0 Å². The molecule has 1 aliphatic heterocycles. The molecule has 20 heavy (non-hydrogen) atoms. The van der Waals surface area contributed by atoms with Crippen LogP contribution in [0.3, 0.4) is 0 Å². The van der Waals surface area contributed by atoms with E-state index in [1.54, 1.807) is 24.3 Å².